The Morgan fingerprint density at radius 3 is 2.80 bits per heavy atom. The highest BCUT2D eigenvalue weighted by atomic mass is 16.6. The molecule has 1 aliphatic heterocycles. The first-order chi connectivity index (χ1) is 7.34. The standard InChI is InChI=1S/C12H16O3/c13-11(6-12-9-15-12)8-14-7-10-4-2-1-3-5-10/h1-5,11-13H,6-9H2/t11-,12?/m1/s1. The van der Waals surface area contributed by atoms with Crippen molar-refractivity contribution in [2.45, 2.75) is 25.2 Å². The van der Waals surface area contributed by atoms with Gasteiger partial charge in [0, 0.05) is 6.42 Å². The SMILES string of the molecule is O[C@@H](COCc1ccccc1)CC1CO1. The van der Waals surface area contributed by atoms with E-state index in [-0.39, 0.29) is 6.10 Å². The van der Waals surface area contributed by atoms with Crippen LogP contribution in [-0.4, -0.2) is 30.5 Å². The molecule has 2 rings (SSSR count). The topological polar surface area (TPSA) is 42.0 Å². The molecule has 1 fully saturated rings. The molecule has 1 saturated heterocycles. The molecule has 0 radical (unpaired) electrons. The molecule has 3 heteroatoms. The van der Waals surface area contributed by atoms with E-state index in [0.717, 1.165) is 12.2 Å². The molecule has 0 aromatic heterocycles. The molecule has 0 spiro atoms. The van der Waals surface area contributed by atoms with Gasteiger partial charge < -0.3 is 14.6 Å². The normalized spacial score (nSPS) is 21.3. The maximum Gasteiger partial charge on any atom is 0.0835 e. The third-order valence-corrected chi connectivity index (χ3v) is 2.36. The van der Waals surface area contributed by atoms with E-state index in [9.17, 15) is 5.11 Å². The second-order valence-corrected chi connectivity index (χ2v) is 3.85. The van der Waals surface area contributed by atoms with Crippen LogP contribution < -0.4 is 0 Å². The van der Waals surface area contributed by atoms with Crippen molar-refractivity contribution < 1.29 is 14.6 Å². The molecule has 0 saturated carbocycles. The number of aliphatic hydroxyl groups is 1. The lowest BCUT2D eigenvalue weighted by molar-refractivity contribution is 0.0211. The van der Waals surface area contributed by atoms with E-state index >= 15 is 0 Å². The van der Waals surface area contributed by atoms with Crippen molar-refractivity contribution in [2.24, 2.45) is 0 Å². The quantitative estimate of drug-likeness (QED) is 0.717. The zero-order valence-electron chi connectivity index (χ0n) is 8.63. The van der Waals surface area contributed by atoms with Crippen LogP contribution in [0.5, 0.6) is 0 Å². The highest BCUT2D eigenvalue weighted by molar-refractivity contribution is 5.13. The fourth-order valence-electron chi connectivity index (χ4n) is 1.46. The van der Waals surface area contributed by atoms with Crippen molar-refractivity contribution in [3.05, 3.63) is 35.9 Å². The van der Waals surface area contributed by atoms with Gasteiger partial charge in [-0.25, -0.2) is 0 Å². The van der Waals surface area contributed by atoms with Gasteiger partial charge in [0.15, 0.2) is 0 Å². The van der Waals surface area contributed by atoms with Gasteiger partial charge in [-0.1, -0.05) is 30.3 Å². The van der Waals surface area contributed by atoms with Crippen LogP contribution in [0.1, 0.15) is 12.0 Å². The van der Waals surface area contributed by atoms with Crippen LogP contribution in [0.2, 0.25) is 0 Å². The van der Waals surface area contributed by atoms with Crippen LogP contribution in [0.25, 0.3) is 0 Å². The largest absolute Gasteiger partial charge is 0.391 e. The van der Waals surface area contributed by atoms with Crippen LogP contribution in [0.3, 0.4) is 0 Å². The molecular formula is C12H16O3. The molecule has 2 atom stereocenters. The minimum absolute atomic E-state index is 0.264. The number of hydrogen-bond acceptors (Lipinski definition) is 3. The molecule has 0 bridgehead atoms. The highest BCUT2D eigenvalue weighted by Gasteiger charge is 2.25. The van der Waals surface area contributed by atoms with E-state index in [1.807, 2.05) is 30.3 Å². The summed E-state index contributed by atoms with van der Waals surface area (Å²) in [7, 11) is 0. The van der Waals surface area contributed by atoms with Gasteiger partial charge in [-0.05, 0) is 5.56 Å². The first-order valence-electron chi connectivity index (χ1n) is 5.26. The second kappa shape index (κ2) is 5.26. The average molecular weight is 208 g/mol. The summed E-state index contributed by atoms with van der Waals surface area (Å²) in [5.74, 6) is 0. The molecule has 15 heavy (non-hydrogen) atoms. The number of rotatable bonds is 6. The third-order valence-electron chi connectivity index (χ3n) is 2.36. The van der Waals surface area contributed by atoms with E-state index in [1.54, 1.807) is 0 Å². The van der Waals surface area contributed by atoms with Crippen LogP contribution in [-0.2, 0) is 16.1 Å². The van der Waals surface area contributed by atoms with Crippen molar-refractivity contribution in [1.82, 2.24) is 0 Å². The zero-order chi connectivity index (χ0) is 10.5. The first-order valence-corrected chi connectivity index (χ1v) is 5.26. The summed E-state index contributed by atoms with van der Waals surface area (Å²) in [5.41, 5.74) is 1.13. The van der Waals surface area contributed by atoms with Crippen molar-refractivity contribution >= 4 is 0 Å². The van der Waals surface area contributed by atoms with Crippen molar-refractivity contribution in [2.75, 3.05) is 13.2 Å². The van der Waals surface area contributed by atoms with Crippen molar-refractivity contribution in [3.8, 4) is 0 Å². The fraction of sp³-hybridized carbons (Fsp3) is 0.500. The number of ether oxygens (including phenoxy) is 2. The van der Waals surface area contributed by atoms with E-state index in [0.29, 0.717) is 19.6 Å². The van der Waals surface area contributed by atoms with Crippen LogP contribution in [0.15, 0.2) is 30.3 Å². The molecule has 3 nitrogen and oxygen atoms in total. The Balaban J connectivity index is 1.61. The Kier molecular flexibility index (Phi) is 3.72. The minimum atomic E-state index is -0.402. The Bertz CT molecular complexity index is 282. The second-order valence-electron chi connectivity index (χ2n) is 3.85. The lowest BCUT2D eigenvalue weighted by atomic mass is 10.2. The number of epoxide rings is 1. The molecule has 1 heterocycles. The van der Waals surface area contributed by atoms with Gasteiger partial charge in [-0.2, -0.15) is 0 Å². The summed E-state index contributed by atoms with van der Waals surface area (Å²) in [6.07, 6.45) is 0.552. The summed E-state index contributed by atoms with van der Waals surface area (Å²) >= 11 is 0. The van der Waals surface area contributed by atoms with Gasteiger partial charge in [0.2, 0.25) is 0 Å². The van der Waals surface area contributed by atoms with E-state index in [1.165, 1.54) is 0 Å². The fourth-order valence-corrected chi connectivity index (χ4v) is 1.46. The maximum absolute atomic E-state index is 9.53. The number of hydrogen-bond donors (Lipinski definition) is 1. The van der Waals surface area contributed by atoms with Gasteiger partial charge in [0.25, 0.3) is 0 Å². The molecule has 1 unspecified atom stereocenters. The van der Waals surface area contributed by atoms with Crippen LogP contribution in [0.4, 0.5) is 0 Å². The van der Waals surface area contributed by atoms with E-state index in [2.05, 4.69) is 0 Å². The highest BCUT2D eigenvalue weighted by Crippen LogP contribution is 2.15. The van der Waals surface area contributed by atoms with Gasteiger partial charge in [-0.3, -0.25) is 0 Å². The summed E-state index contributed by atoms with van der Waals surface area (Å²) < 4.78 is 10.4. The van der Waals surface area contributed by atoms with Crippen LogP contribution >= 0.6 is 0 Å². The van der Waals surface area contributed by atoms with Gasteiger partial charge >= 0.3 is 0 Å². The van der Waals surface area contributed by atoms with Crippen molar-refractivity contribution in [1.29, 1.82) is 0 Å². The lowest BCUT2D eigenvalue weighted by Crippen LogP contribution is -2.17. The number of benzene rings is 1. The Labute approximate surface area is 89.6 Å². The number of aliphatic hydroxyl groups excluding tert-OH is 1. The molecule has 1 aromatic carbocycles. The van der Waals surface area contributed by atoms with E-state index < -0.39 is 6.10 Å². The molecule has 82 valence electrons. The van der Waals surface area contributed by atoms with Crippen LogP contribution in [0, 0.1) is 0 Å². The first kappa shape index (κ1) is 10.6. The molecular weight excluding hydrogens is 192 g/mol. The average Bonchev–Trinajstić information content (AvgIpc) is 3.03. The van der Waals surface area contributed by atoms with Crippen molar-refractivity contribution in [3.63, 3.8) is 0 Å². The molecule has 0 amide bonds. The maximum atomic E-state index is 9.53. The summed E-state index contributed by atoms with van der Waals surface area (Å²) in [6.45, 7) is 1.73. The molecule has 1 N–H and O–H groups in total. The predicted octanol–water partition coefficient (Wildman–Crippen LogP) is 1.35. The zero-order valence-corrected chi connectivity index (χ0v) is 8.63. The predicted molar refractivity (Wildman–Crippen MR) is 56.5 cm³/mol. The Hall–Kier alpha value is -0.900. The molecule has 0 aliphatic carbocycles. The smallest absolute Gasteiger partial charge is 0.0835 e. The third kappa shape index (κ3) is 4.00. The Morgan fingerprint density at radius 1 is 1.40 bits per heavy atom. The summed E-state index contributed by atoms with van der Waals surface area (Å²) in [4.78, 5) is 0. The molecule has 1 aliphatic rings. The summed E-state index contributed by atoms with van der Waals surface area (Å²) in [6, 6.07) is 9.95. The lowest BCUT2D eigenvalue weighted by Gasteiger charge is -2.09. The van der Waals surface area contributed by atoms with Gasteiger partial charge in [-0.15, -0.1) is 0 Å². The van der Waals surface area contributed by atoms with Gasteiger partial charge in [0.05, 0.1) is 32.0 Å². The summed E-state index contributed by atoms with van der Waals surface area (Å²) in [5, 5.41) is 9.53. The minimum Gasteiger partial charge on any atom is -0.391 e. The van der Waals surface area contributed by atoms with Gasteiger partial charge in [0.1, 0.15) is 0 Å². The Morgan fingerprint density at radius 2 is 2.13 bits per heavy atom. The monoisotopic (exact) mass is 208 g/mol. The molecule has 1 aromatic rings. The van der Waals surface area contributed by atoms with E-state index in [4.69, 9.17) is 9.47 Å².